The molecule has 0 unspecified atom stereocenters. The zero-order valence-electron chi connectivity index (χ0n) is 27.8. The van der Waals surface area contributed by atoms with E-state index in [1.807, 2.05) is 24.3 Å². The molecule has 51 heavy (non-hydrogen) atoms. The summed E-state index contributed by atoms with van der Waals surface area (Å²) in [7, 11) is 0. The van der Waals surface area contributed by atoms with Crippen molar-refractivity contribution in [2.24, 2.45) is 0 Å². The Morgan fingerprint density at radius 3 is 2.57 bits per heavy atom. The van der Waals surface area contributed by atoms with Crippen LogP contribution in [0.5, 0.6) is 5.75 Å². The summed E-state index contributed by atoms with van der Waals surface area (Å²) >= 11 is 0. The highest BCUT2D eigenvalue weighted by Gasteiger charge is 2.27. The van der Waals surface area contributed by atoms with E-state index in [4.69, 9.17) is 4.74 Å². The number of phenolic OH excluding ortho intramolecular Hbond substituents is 1. The summed E-state index contributed by atoms with van der Waals surface area (Å²) in [5.41, 5.74) is 3.48. The van der Waals surface area contributed by atoms with Crippen molar-refractivity contribution in [2.75, 3.05) is 26.3 Å². The fourth-order valence-corrected chi connectivity index (χ4v) is 7.41. The topological polar surface area (TPSA) is 119 Å². The number of aromatic nitrogens is 5. The van der Waals surface area contributed by atoms with Crippen LogP contribution in [0.4, 0.5) is 8.78 Å². The molecule has 262 valence electrons. The first-order chi connectivity index (χ1) is 24.8. The van der Waals surface area contributed by atoms with Crippen molar-refractivity contribution in [1.82, 2.24) is 33.7 Å². The average molecular weight is 694 g/mol. The molecule has 11 nitrogen and oxygen atoms in total. The number of nitrogens with one attached hydrogen (secondary N) is 1. The van der Waals surface area contributed by atoms with Gasteiger partial charge < -0.3 is 19.6 Å². The van der Waals surface area contributed by atoms with E-state index in [9.17, 15) is 23.5 Å². The SMILES string of the molecule is O=c1c2cc(F)cnc2n(-c2cccc(-c3cc(O)ccc3CN3CCOCC3)c2)c(=O)n1[C@H]1CC[C@@H](NCc2cn3cc(F)ccc3n2)CC1. The van der Waals surface area contributed by atoms with Crippen LogP contribution in [0.15, 0.2) is 88.8 Å². The van der Waals surface area contributed by atoms with Gasteiger partial charge in [-0.25, -0.2) is 28.1 Å². The third-order valence-electron chi connectivity index (χ3n) is 10.00. The van der Waals surface area contributed by atoms with E-state index in [2.05, 4.69) is 20.2 Å². The van der Waals surface area contributed by atoms with E-state index < -0.39 is 23.1 Å². The maximum atomic E-state index is 14.6. The lowest BCUT2D eigenvalue weighted by molar-refractivity contribution is 0.0342. The van der Waals surface area contributed by atoms with Gasteiger partial charge in [0.05, 0.1) is 36.2 Å². The lowest BCUT2D eigenvalue weighted by atomic mass is 9.91. The number of pyridine rings is 2. The molecule has 0 atom stereocenters. The third-order valence-corrected chi connectivity index (χ3v) is 10.00. The van der Waals surface area contributed by atoms with E-state index >= 15 is 0 Å². The fourth-order valence-electron chi connectivity index (χ4n) is 7.41. The molecule has 0 radical (unpaired) electrons. The molecule has 8 rings (SSSR count). The summed E-state index contributed by atoms with van der Waals surface area (Å²) in [5.74, 6) is -0.884. The quantitative estimate of drug-likeness (QED) is 0.230. The Hall–Kier alpha value is -5.24. The summed E-state index contributed by atoms with van der Waals surface area (Å²) in [6.45, 7) is 4.07. The van der Waals surface area contributed by atoms with Crippen molar-refractivity contribution in [1.29, 1.82) is 0 Å². The summed E-state index contributed by atoms with van der Waals surface area (Å²) in [4.78, 5) is 39.4. The second-order valence-corrected chi connectivity index (χ2v) is 13.3. The Morgan fingerprint density at radius 2 is 1.75 bits per heavy atom. The number of hydrogen-bond donors (Lipinski definition) is 2. The lowest BCUT2D eigenvalue weighted by Crippen LogP contribution is -2.44. The number of nitrogens with zero attached hydrogens (tertiary/aromatic N) is 6. The number of rotatable bonds is 8. The normalized spacial score (nSPS) is 18.5. The van der Waals surface area contributed by atoms with Crippen LogP contribution in [0, 0.1) is 11.6 Å². The number of hydrogen-bond acceptors (Lipinski definition) is 8. The minimum absolute atomic E-state index is 0.0221. The summed E-state index contributed by atoms with van der Waals surface area (Å²) in [6, 6.07) is 16.5. The average Bonchev–Trinajstić information content (AvgIpc) is 3.55. The van der Waals surface area contributed by atoms with E-state index in [1.165, 1.54) is 21.4 Å². The maximum absolute atomic E-state index is 14.6. The van der Waals surface area contributed by atoms with Crippen molar-refractivity contribution in [3.63, 3.8) is 0 Å². The van der Waals surface area contributed by atoms with Crippen LogP contribution in [0.3, 0.4) is 0 Å². The first-order valence-electron chi connectivity index (χ1n) is 17.2. The molecular weight excluding hydrogens is 656 g/mol. The molecule has 2 N–H and O–H groups in total. The maximum Gasteiger partial charge on any atom is 0.337 e. The van der Waals surface area contributed by atoms with Crippen LogP contribution < -0.4 is 16.6 Å². The van der Waals surface area contributed by atoms with E-state index in [-0.39, 0.29) is 28.6 Å². The second kappa shape index (κ2) is 13.8. The number of imidazole rings is 1. The zero-order chi connectivity index (χ0) is 35.1. The van der Waals surface area contributed by atoms with E-state index in [0.29, 0.717) is 63.3 Å². The molecule has 1 saturated heterocycles. The van der Waals surface area contributed by atoms with E-state index in [0.717, 1.165) is 47.7 Å². The number of benzene rings is 2. The van der Waals surface area contributed by atoms with Crippen LogP contribution in [0.2, 0.25) is 0 Å². The van der Waals surface area contributed by atoms with Gasteiger partial charge in [0.1, 0.15) is 23.0 Å². The lowest BCUT2D eigenvalue weighted by Gasteiger charge is -2.30. The number of aromatic hydroxyl groups is 1. The molecular formula is C38H37F2N7O4. The highest BCUT2D eigenvalue weighted by Crippen LogP contribution is 2.31. The van der Waals surface area contributed by atoms with Crippen LogP contribution in [0.1, 0.15) is 43.0 Å². The Labute approximate surface area is 291 Å². The van der Waals surface area contributed by atoms with Crippen LogP contribution in [0.25, 0.3) is 33.5 Å². The van der Waals surface area contributed by atoms with Crippen LogP contribution >= 0.6 is 0 Å². The fraction of sp³-hybridized carbons (Fsp3) is 0.316. The van der Waals surface area contributed by atoms with Crippen LogP contribution in [-0.2, 0) is 17.8 Å². The molecule has 1 saturated carbocycles. The first-order valence-corrected chi connectivity index (χ1v) is 17.2. The molecule has 6 aromatic rings. The number of phenols is 1. The summed E-state index contributed by atoms with van der Waals surface area (Å²) < 4.78 is 38.0. The van der Waals surface area contributed by atoms with Crippen molar-refractivity contribution >= 4 is 16.7 Å². The highest BCUT2D eigenvalue weighted by atomic mass is 19.1. The van der Waals surface area contributed by atoms with Gasteiger partial charge >= 0.3 is 5.69 Å². The molecule has 0 amide bonds. The van der Waals surface area contributed by atoms with Crippen molar-refractivity contribution in [2.45, 2.75) is 50.9 Å². The van der Waals surface area contributed by atoms with Crippen LogP contribution in [-0.4, -0.2) is 65.9 Å². The second-order valence-electron chi connectivity index (χ2n) is 13.3. The molecule has 2 aromatic carbocycles. The van der Waals surface area contributed by atoms with Crippen molar-refractivity contribution in [3.05, 3.63) is 123 Å². The monoisotopic (exact) mass is 693 g/mol. The Morgan fingerprint density at radius 1 is 0.922 bits per heavy atom. The van der Waals surface area contributed by atoms with E-state index in [1.54, 1.807) is 34.9 Å². The highest BCUT2D eigenvalue weighted by molar-refractivity contribution is 5.77. The third kappa shape index (κ3) is 6.67. The van der Waals surface area contributed by atoms with Gasteiger partial charge in [-0.15, -0.1) is 0 Å². The van der Waals surface area contributed by atoms with Crippen molar-refractivity contribution in [3.8, 4) is 22.6 Å². The molecule has 4 aromatic heterocycles. The molecule has 2 fully saturated rings. The summed E-state index contributed by atoms with van der Waals surface area (Å²) in [6.07, 6.45) is 6.73. The Balaban J connectivity index is 1.09. The molecule has 1 aliphatic heterocycles. The predicted octanol–water partition coefficient (Wildman–Crippen LogP) is 4.95. The predicted molar refractivity (Wildman–Crippen MR) is 188 cm³/mol. The standard InChI is InChI=1S/C38H37F2N7O4/c39-26-5-11-35-43-29(23-45(35)22-26)20-41-28-6-8-30(9-7-28)47-37(49)34-17-27(40)19-42-36(34)46(38(47)50)31-3-1-2-24(16-31)33-18-32(48)10-4-25(33)21-44-12-14-51-15-13-44/h1-5,10-11,16-19,22-23,28,30,41,48H,6-9,12-15,20-21H2/t28-,30+. The van der Waals surface area contributed by atoms with Gasteiger partial charge in [-0.3, -0.25) is 14.3 Å². The molecule has 0 bridgehead atoms. The number of fused-ring (bicyclic) bond motifs is 2. The van der Waals surface area contributed by atoms with Crippen molar-refractivity contribution < 1.29 is 18.6 Å². The minimum atomic E-state index is -0.666. The first kappa shape index (κ1) is 32.9. The van der Waals surface area contributed by atoms with Gasteiger partial charge in [-0.05, 0) is 84.8 Å². The number of morpholine rings is 1. The molecule has 0 spiro atoms. The number of halogens is 2. The van der Waals surface area contributed by atoms with Gasteiger partial charge in [0, 0.05) is 50.7 Å². The molecule has 2 aliphatic rings. The van der Waals surface area contributed by atoms with Gasteiger partial charge in [0.25, 0.3) is 5.56 Å². The Kier molecular flexibility index (Phi) is 8.92. The minimum Gasteiger partial charge on any atom is -0.508 e. The Bertz CT molecular complexity index is 2360. The largest absolute Gasteiger partial charge is 0.508 e. The summed E-state index contributed by atoms with van der Waals surface area (Å²) in [5, 5.41) is 14.0. The van der Waals surface area contributed by atoms with Gasteiger partial charge in [0.2, 0.25) is 0 Å². The van der Waals surface area contributed by atoms with Gasteiger partial charge in [0.15, 0.2) is 5.65 Å². The van der Waals surface area contributed by atoms with Gasteiger partial charge in [-0.1, -0.05) is 18.2 Å². The molecule has 13 heteroatoms. The number of ether oxygens (including phenoxy) is 1. The van der Waals surface area contributed by atoms with Gasteiger partial charge in [-0.2, -0.15) is 0 Å². The zero-order valence-corrected chi connectivity index (χ0v) is 27.8. The molecule has 5 heterocycles. The smallest absolute Gasteiger partial charge is 0.337 e. The molecule has 1 aliphatic carbocycles.